The molecule has 0 spiro atoms. The standard InChI is InChI=1S/C15H20N4O2/c1-10(2)13(20)6-7-16-15(21)12-5-3-4-11(8-12)14-17-9-18-19-14/h3-5,8-10,13,20H,6-7H2,1-2H3,(H,16,21)(H,17,18,19). The van der Waals surface area contributed by atoms with Gasteiger partial charge in [-0.2, -0.15) is 5.10 Å². The molecule has 1 aromatic heterocycles. The molecule has 0 aliphatic rings. The van der Waals surface area contributed by atoms with Crippen LogP contribution in [0.15, 0.2) is 30.6 Å². The van der Waals surface area contributed by atoms with Gasteiger partial charge < -0.3 is 10.4 Å². The highest BCUT2D eigenvalue weighted by Gasteiger charge is 2.11. The molecule has 0 aliphatic carbocycles. The van der Waals surface area contributed by atoms with Crippen molar-refractivity contribution in [3.8, 4) is 11.4 Å². The highest BCUT2D eigenvalue weighted by Crippen LogP contribution is 2.15. The monoisotopic (exact) mass is 288 g/mol. The molecule has 3 N–H and O–H groups in total. The van der Waals surface area contributed by atoms with Gasteiger partial charge in [-0.15, -0.1) is 0 Å². The van der Waals surface area contributed by atoms with Gasteiger partial charge in [0.05, 0.1) is 6.10 Å². The number of amides is 1. The largest absolute Gasteiger partial charge is 0.393 e. The minimum atomic E-state index is -0.397. The molecule has 6 nitrogen and oxygen atoms in total. The highest BCUT2D eigenvalue weighted by atomic mass is 16.3. The third-order valence-corrected chi connectivity index (χ3v) is 3.31. The fourth-order valence-corrected chi connectivity index (χ4v) is 1.92. The third-order valence-electron chi connectivity index (χ3n) is 3.31. The molecule has 1 unspecified atom stereocenters. The summed E-state index contributed by atoms with van der Waals surface area (Å²) in [6.07, 6.45) is 1.58. The Hall–Kier alpha value is -2.21. The van der Waals surface area contributed by atoms with Crippen LogP contribution in [0.3, 0.4) is 0 Å². The lowest BCUT2D eigenvalue weighted by atomic mass is 10.0. The van der Waals surface area contributed by atoms with E-state index < -0.39 is 6.10 Å². The Bertz CT molecular complexity index is 581. The molecule has 1 atom stereocenters. The summed E-state index contributed by atoms with van der Waals surface area (Å²) in [5.41, 5.74) is 1.37. The molecule has 0 radical (unpaired) electrons. The zero-order valence-corrected chi connectivity index (χ0v) is 12.2. The van der Waals surface area contributed by atoms with E-state index in [0.717, 1.165) is 5.56 Å². The van der Waals surface area contributed by atoms with Gasteiger partial charge in [-0.05, 0) is 24.5 Å². The third kappa shape index (κ3) is 4.13. The van der Waals surface area contributed by atoms with Crippen molar-refractivity contribution in [1.29, 1.82) is 0 Å². The maximum Gasteiger partial charge on any atom is 0.251 e. The first-order valence-electron chi connectivity index (χ1n) is 7.00. The fourth-order valence-electron chi connectivity index (χ4n) is 1.92. The molecule has 0 fully saturated rings. The second-order valence-corrected chi connectivity index (χ2v) is 5.27. The van der Waals surface area contributed by atoms with Gasteiger partial charge in [0.1, 0.15) is 6.33 Å². The van der Waals surface area contributed by atoms with Gasteiger partial charge in [0.25, 0.3) is 5.91 Å². The van der Waals surface area contributed by atoms with E-state index in [1.54, 1.807) is 18.2 Å². The van der Waals surface area contributed by atoms with E-state index in [1.165, 1.54) is 6.33 Å². The summed E-state index contributed by atoms with van der Waals surface area (Å²) in [6, 6.07) is 7.17. The second kappa shape index (κ2) is 6.99. The molecule has 1 amide bonds. The van der Waals surface area contributed by atoms with Gasteiger partial charge >= 0.3 is 0 Å². The number of hydrogen-bond donors (Lipinski definition) is 3. The van der Waals surface area contributed by atoms with Crippen LogP contribution in [0.5, 0.6) is 0 Å². The Morgan fingerprint density at radius 3 is 2.90 bits per heavy atom. The molecule has 0 bridgehead atoms. The maximum atomic E-state index is 12.1. The Balaban J connectivity index is 1.95. The van der Waals surface area contributed by atoms with Crippen LogP contribution in [0.2, 0.25) is 0 Å². The van der Waals surface area contributed by atoms with Crippen molar-refractivity contribution < 1.29 is 9.90 Å². The van der Waals surface area contributed by atoms with Gasteiger partial charge in [-0.25, -0.2) is 4.98 Å². The molecule has 1 heterocycles. The van der Waals surface area contributed by atoms with Crippen molar-refractivity contribution in [1.82, 2.24) is 20.5 Å². The lowest BCUT2D eigenvalue weighted by Gasteiger charge is -2.14. The van der Waals surface area contributed by atoms with Crippen LogP contribution in [0.4, 0.5) is 0 Å². The predicted octanol–water partition coefficient (Wildman–Crippen LogP) is 1.61. The van der Waals surface area contributed by atoms with E-state index in [0.29, 0.717) is 24.4 Å². The van der Waals surface area contributed by atoms with Gasteiger partial charge in [0, 0.05) is 17.7 Å². The molecule has 0 saturated heterocycles. The van der Waals surface area contributed by atoms with Crippen molar-refractivity contribution in [2.75, 3.05) is 6.54 Å². The smallest absolute Gasteiger partial charge is 0.251 e. The molecular formula is C15H20N4O2. The Morgan fingerprint density at radius 1 is 1.43 bits per heavy atom. The summed E-state index contributed by atoms with van der Waals surface area (Å²) < 4.78 is 0. The number of H-pyrrole nitrogens is 1. The summed E-state index contributed by atoms with van der Waals surface area (Å²) in [5, 5.41) is 19.1. The molecular weight excluding hydrogens is 268 g/mol. The van der Waals surface area contributed by atoms with Crippen LogP contribution in [0, 0.1) is 5.92 Å². The van der Waals surface area contributed by atoms with Crippen molar-refractivity contribution in [2.45, 2.75) is 26.4 Å². The lowest BCUT2D eigenvalue weighted by Crippen LogP contribution is -2.28. The first-order chi connectivity index (χ1) is 10.1. The van der Waals surface area contributed by atoms with Gasteiger partial charge in [-0.1, -0.05) is 26.0 Å². The second-order valence-electron chi connectivity index (χ2n) is 5.27. The fraction of sp³-hybridized carbons (Fsp3) is 0.400. The van der Waals surface area contributed by atoms with Crippen LogP contribution < -0.4 is 5.32 Å². The topological polar surface area (TPSA) is 90.9 Å². The maximum absolute atomic E-state index is 12.1. The van der Waals surface area contributed by atoms with Crippen LogP contribution in [-0.4, -0.2) is 38.8 Å². The summed E-state index contributed by atoms with van der Waals surface area (Å²) in [4.78, 5) is 16.1. The van der Waals surface area contributed by atoms with Crippen LogP contribution in [-0.2, 0) is 0 Å². The lowest BCUT2D eigenvalue weighted by molar-refractivity contribution is 0.0920. The highest BCUT2D eigenvalue weighted by molar-refractivity contribution is 5.95. The Labute approximate surface area is 123 Å². The number of carbonyl (C=O) groups is 1. The summed E-state index contributed by atoms with van der Waals surface area (Å²) >= 11 is 0. The van der Waals surface area contributed by atoms with Crippen molar-refractivity contribution in [2.24, 2.45) is 5.92 Å². The molecule has 0 saturated carbocycles. The van der Waals surface area contributed by atoms with E-state index in [9.17, 15) is 9.90 Å². The van der Waals surface area contributed by atoms with E-state index in [-0.39, 0.29) is 11.8 Å². The SMILES string of the molecule is CC(C)C(O)CCNC(=O)c1cccc(-c2ncn[nH]2)c1. The summed E-state index contributed by atoms with van der Waals surface area (Å²) in [5.74, 6) is 0.656. The number of aliphatic hydroxyl groups excluding tert-OH is 1. The van der Waals surface area contributed by atoms with Gasteiger partial charge in [-0.3, -0.25) is 9.89 Å². The van der Waals surface area contributed by atoms with E-state index in [2.05, 4.69) is 20.5 Å². The molecule has 21 heavy (non-hydrogen) atoms. The number of aromatic amines is 1. The zero-order valence-electron chi connectivity index (χ0n) is 12.2. The van der Waals surface area contributed by atoms with Crippen molar-refractivity contribution in [3.05, 3.63) is 36.2 Å². The molecule has 2 aromatic rings. The minimum Gasteiger partial charge on any atom is -0.393 e. The number of nitrogens with one attached hydrogen (secondary N) is 2. The molecule has 0 aliphatic heterocycles. The van der Waals surface area contributed by atoms with Gasteiger partial charge in [0.15, 0.2) is 5.82 Å². The van der Waals surface area contributed by atoms with Gasteiger partial charge in [0.2, 0.25) is 0 Å². The first-order valence-corrected chi connectivity index (χ1v) is 7.00. The molecule has 2 rings (SSSR count). The number of nitrogens with zero attached hydrogens (tertiary/aromatic N) is 2. The van der Waals surface area contributed by atoms with E-state index >= 15 is 0 Å². The molecule has 6 heteroatoms. The van der Waals surface area contributed by atoms with Crippen molar-refractivity contribution in [3.63, 3.8) is 0 Å². The number of rotatable bonds is 6. The first kappa shape index (κ1) is 15.2. The van der Waals surface area contributed by atoms with Crippen LogP contribution >= 0.6 is 0 Å². The summed E-state index contributed by atoms with van der Waals surface area (Å²) in [6.45, 7) is 4.35. The number of carbonyl (C=O) groups excluding carboxylic acids is 1. The average molecular weight is 288 g/mol. The van der Waals surface area contributed by atoms with Crippen molar-refractivity contribution >= 4 is 5.91 Å². The van der Waals surface area contributed by atoms with Crippen LogP contribution in [0.1, 0.15) is 30.6 Å². The number of hydrogen-bond acceptors (Lipinski definition) is 4. The normalized spacial score (nSPS) is 12.4. The molecule has 112 valence electrons. The zero-order chi connectivity index (χ0) is 15.2. The Kier molecular flexibility index (Phi) is 5.05. The predicted molar refractivity (Wildman–Crippen MR) is 79.6 cm³/mol. The average Bonchev–Trinajstić information content (AvgIpc) is 3.01. The molecule has 1 aromatic carbocycles. The number of benzene rings is 1. The minimum absolute atomic E-state index is 0.160. The van der Waals surface area contributed by atoms with E-state index in [4.69, 9.17) is 0 Å². The number of aromatic nitrogens is 3. The quantitative estimate of drug-likeness (QED) is 0.753. The van der Waals surface area contributed by atoms with E-state index in [1.807, 2.05) is 19.9 Å². The Morgan fingerprint density at radius 2 is 2.24 bits per heavy atom. The number of aliphatic hydroxyl groups is 1. The van der Waals surface area contributed by atoms with Crippen LogP contribution in [0.25, 0.3) is 11.4 Å². The summed E-state index contributed by atoms with van der Waals surface area (Å²) in [7, 11) is 0.